The molecular weight excluding hydrogens is 579 g/mol. The minimum atomic E-state index is -0.863. The quantitative estimate of drug-likeness (QED) is 0.325. The number of thioether (sulfide) groups is 3. The molecule has 0 aromatic heterocycles. The van der Waals surface area contributed by atoms with Gasteiger partial charge < -0.3 is 19.1 Å². The Hall–Kier alpha value is -3.08. The van der Waals surface area contributed by atoms with Gasteiger partial charge in [-0.1, -0.05) is 53.9 Å². The molecule has 0 fully saturated rings. The van der Waals surface area contributed by atoms with E-state index >= 15 is 0 Å². The Morgan fingerprint density at radius 3 is 2.27 bits per heavy atom. The van der Waals surface area contributed by atoms with Crippen LogP contribution in [-0.2, 0) is 30.3 Å². The molecule has 0 saturated heterocycles. The van der Waals surface area contributed by atoms with Gasteiger partial charge in [0.2, 0.25) is 5.91 Å². The van der Waals surface area contributed by atoms with E-state index in [-0.39, 0.29) is 25.5 Å². The first-order valence-corrected chi connectivity index (χ1v) is 15.8. The molecule has 3 aliphatic heterocycles. The maximum atomic E-state index is 14.1. The van der Waals surface area contributed by atoms with E-state index in [0.717, 1.165) is 27.3 Å². The molecule has 0 aliphatic carbocycles. The van der Waals surface area contributed by atoms with E-state index in [9.17, 15) is 14.4 Å². The third-order valence-corrected chi connectivity index (χ3v) is 11.2. The molecule has 7 nitrogen and oxygen atoms in total. The molecule has 0 bridgehead atoms. The average Bonchev–Trinajstić information content (AvgIpc) is 3.37. The molecule has 3 heterocycles. The van der Waals surface area contributed by atoms with Crippen LogP contribution >= 0.6 is 35.3 Å². The van der Waals surface area contributed by atoms with Crippen molar-refractivity contribution in [3.8, 4) is 5.75 Å². The molecule has 214 valence electrons. The molecular formula is C31H31NO6S3. The van der Waals surface area contributed by atoms with Crippen molar-refractivity contribution in [3.63, 3.8) is 0 Å². The summed E-state index contributed by atoms with van der Waals surface area (Å²) in [5.41, 5.74) is 2.55. The molecule has 10 heteroatoms. The van der Waals surface area contributed by atoms with Gasteiger partial charge in [-0.3, -0.25) is 4.79 Å². The second kappa shape index (κ2) is 11.7. The van der Waals surface area contributed by atoms with Crippen molar-refractivity contribution in [2.24, 2.45) is 0 Å². The van der Waals surface area contributed by atoms with Crippen LogP contribution in [0, 0.1) is 0 Å². The normalized spacial score (nSPS) is 20.6. The molecule has 0 radical (unpaired) electrons. The predicted octanol–water partition coefficient (Wildman–Crippen LogP) is 6.55. The number of rotatable bonds is 7. The smallest absolute Gasteiger partial charge is 0.345 e. The number of nitrogens with zero attached hydrogens (tertiary/aromatic N) is 1. The fraction of sp³-hybridized carbons (Fsp3) is 0.323. The van der Waals surface area contributed by atoms with Crippen molar-refractivity contribution in [2.45, 2.75) is 43.7 Å². The summed E-state index contributed by atoms with van der Waals surface area (Å²) >= 11 is 4.11. The third-order valence-electron chi connectivity index (χ3n) is 6.94. The van der Waals surface area contributed by atoms with Gasteiger partial charge in [-0.15, -0.1) is 11.8 Å². The zero-order chi connectivity index (χ0) is 29.4. The number of hydrogen-bond acceptors (Lipinski definition) is 9. The van der Waals surface area contributed by atoms with Crippen LogP contribution in [0.5, 0.6) is 5.75 Å². The Morgan fingerprint density at radius 1 is 0.927 bits per heavy atom. The van der Waals surface area contributed by atoms with Gasteiger partial charge in [-0.05, 0) is 62.9 Å². The molecule has 1 atom stereocenters. The highest BCUT2D eigenvalue weighted by Gasteiger charge is 2.54. The summed E-state index contributed by atoms with van der Waals surface area (Å²) in [5, 5.41) is 1.79. The monoisotopic (exact) mass is 609 g/mol. The molecule has 1 amide bonds. The number of esters is 2. The highest BCUT2D eigenvalue weighted by atomic mass is 32.2. The molecule has 41 heavy (non-hydrogen) atoms. The van der Waals surface area contributed by atoms with Gasteiger partial charge in [0.05, 0.1) is 42.9 Å². The van der Waals surface area contributed by atoms with Gasteiger partial charge in [-0.2, -0.15) is 0 Å². The fourth-order valence-corrected chi connectivity index (χ4v) is 9.58. The second-order valence-corrected chi connectivity index (χ2v) is 13.7. The Bertz CT molecular complexity index is 1500. The summed E-state index contributed by atoms with van der Waals surface area (Å²) in [6.45, 7) is 8.02. The minimum absolute atomic E-state index is 0.0712. The number of ether oxygens (including phenoxy) is 3. The summed E-state index contributed by atoms with van der Waals surface area (Å²) in [6, 6.07) is 15.3. The van der Waals surface area contributed by atoms with Gasteiger partial charge in [-0.25, -0.2) is 9.59 Å². The summed E-state index contributed by atoms with van der Waals surface area (Å²) in [7, 11) is 1.60. The lowest BCUT2D eigenvalue weighted by molar-refractivity contribution is -0.138. The molecule has 0 N–H and O–H groups in total. The number of hydrogen-bond donors (Lipinski definition) is 0. The summed E-state index contributed by atoms with van der Waals surface area (Å²) in [4.78, 5) is 43.6. The molecule has 1 spiro atoms. The first kappa shape index (κ1) is 29.4. The van der Waals surface area contributed by atoms with Crippen LogP contribution in [0.2, 0.25) is 0 Å². The van der Waals surface area contributed by atoms with Crippen LogP contribution < -0.4 is 9.64 Å². The van der Waals surface area contributed by atoms with E-state index in [1.807, 2.05) is 73.4 Å². The molecule has 3 aliphatic rings. The maximum Gasteiger partial charge on any atom is 0.345 e. The number of carbonyl (C=O) groups excluding carboxylic acids is 3. The van der Waals surface area contributed by atoms with E-state index in [1.54, 1.807) is 26.4 Å². The maximum absolute atomic E-state index is 14.1. The average molecular weight is 610 g/mol. The summed E-state index contributed by atoms with van der Waals surface area (Å²) in [5.74, 6) is -0.284. The van der Waals surface area contributed by atoms with Crippen LogP contribution in [0.3, 0.4) is 0 Å². The van der Waals surface area contributed by atoms with Crippen LogP contribution in [-0.4, -0.2) is 47.8 Å². The van der Waals surface area contributed by atoms with E-state index in [1.165, 1.54) is 35.3 Å². The molecule has 2 aromatic carbocycles. The Morgan fingerprint density at radius 2 is 1.61 bits per heavy atom. The van der Waals surface area contributed by atoms with Crippen LogP contribution in [0.4, 0.5) is 5.69 Å². The number of carbonyl (C=O) groups is 3. The molecule has 5 rings (SSSR count). The predicted molar refractivity (Wildman–Crippen MR) is 167 cm³/mol. The van der Waals surface area contributed by atoms with Gasteiger partial charge in [0.1, 0.15) is 14.7 Å². The Balaban J connectivity index is 1.69. The van der Waals surface area contributed by atoms with E-state index in [0.29, 0.717) is 15.6 Å². The van der Waals surface area contributed by atoms with Crippen LogP contribution in [0.25, 0.3) is 5.57 Å². The van der Waals surface area contributed by atoms with E-state index in [2.05, 4.69) is 0 Å². The minimum Gasteiger partial charge on any atom is -0.497 e. The first-order valence-electron chi connectivity index (χ1n) is 13.3. The van der Waals surface area contributed by atoms with Gasteiger partial charge in [0.15, 0.2) is 0 Å². The van der Waals surface area contributed by atoms with Crippen molar-refractivity contribution >= 4 is 64.4 Å². The Kier molecular flexibility index (Phi) is 8.36. The van der Waals surface area contributed by atoms with E-state index in [4.69, 9.17) is 14.2 Å². The lowest BCUT2D eigenvalue weighted by Crippen LogP contribution is -2.53. The molecule has 1 unspecified atom stereocenters. The number of fused-ring (bicyclic) bond motifs is 3. The highest BCUT2D eigenvalue weighted by molar-refractivity contribution is 8.25. The number of methoxy groups -OCH3 is 1. The topological polar surface area (TPSA) is 82.1 Å². The summed E-state index contributed by atoms with van der Waals surface area (Å²) in [6.07, 6.45) is 2.10. The number of anilines is 1. The van der Waals surface area contributed by atoms with Crippen molar-refractivity contribution < 1.29 is 28.6 Å². The number of amides is 1. The standard InChI is InChI=1S/C31H31NO6S3/c1-6-37-28(34)23-17-31(39-18-24(41-31)29(35)38-7-2)26-21-16-20(36-5)13-14-22(21)32(30(3,4)27(26)40-23)25(33)15-19-11-9-8-10-12-19/h8-14,16-18H,6-7,15H2,1-5H3. The fourth-order valence-electron chi connectivity index (χ4n) is 5.19. The van der Waals surface area contributed by atoms with Crippen LogP contribution in [0.15, 0.2) is 74.7 Å². The first-order chi connectivity index (χ1) is 19.6. The lowest BCUT2D eigenvalue weighted by Gasteiger charge is -2.49. The largest absolute Gasteiger partial charge is 0.497 e. The van der Waals surface area contributed by atoms with Gasteiger partial charge in [0.25, 0.3) is 0 Å². The highest BCUT2D eigenvalue weighted by Crippen LogP contribution is 2.66. The van der Waals surface area contributed by atoms with E-state index < -0.39 is 21.6 Å². The Labute approximate surface area is 252 Å². The SMILES string of the molecule is CCOC(=O)C1=CC2(SC=C(C(=O)OCC)S2)C2=C(S1)C(C)(C)N(C(=O)Cc1ccccc1)c1ccc(OC)cc12. The van der Waals surface area contributed by atoms with Crippen molar-refractivity contribution in [2.75, 3.05) is 25.2 Å². The van der Waals surface area contributed by atoms with Gasteiger partial charge in [0, 0.05) is 16.0 Å². The summed E-state index contributed by atoms with van der Waals surface area (Å²) < 4.78 is 15.5. The van der Waals surface area contributed by atoms with Gasteiger partial charge >= 0.3 is 11.9 Å². The second-order valence-electron chi connectivity index (χ2n) is 9.96. The van der Waals surface area contributed by atoms with Crippen LogP contribution in [0.1, 0.15) is 38.8 Å². The molecule has 2 aromatic rings. The van der Waals surface area contributed by atoms with Crippen molar-refractivity contribution in [1.29, 1.82) is 0 Å². The zero-order valence-corrected chi connectivity index (χ0v) is 26.0. The van der Waals surface area contributed by atoms with Crippen molar-refractivity contribution in [3.05, 3.63) is 85.9 Å². The zero-order valence-electron chi connectivity index (χ0n) is 23.5. The lowest BCUT2D eigenvalue weighted by atomic mass is 9.84. The molecule has 0 saturated carbocycles. The van der Waals surface area contributed by atoms with Crippen molar-refractivity contribution in [1.82, 2.24) is 0 Å². The number of benzene rings is 2. The third kappa shape index (κ3) is 5.33.